The van der Waals surface area contributed by atoms with Gasteiger partial charge in [-0.25, -0.2) is 4.79 Å². The molecule has 0 unspecified atom stereocenters. The lowest BCUT2D eigenvalue weighted by Gasteiger charge is -2.23. The second kappa shape index (κ2) is 6.66. The zero-order valence-electron chi connectivity index (χ0n) is 12.3. The van der Waals surface area contributed by atoms with E-state index in [9.17, 15) is 4.79 Å². The number of carboxylic acid groups (broad SMARTS) is 1. The molecule has 22 heavy (non-hydrogen) atoms. The lowest BCUT2D eigenvalue weighted by atomic mass is 9.93. The van der Waals surface area contributed by atoms with E-state index in [1.807, 2.05) is 0 Å². The minimum atomic E-state index is -0.917. The minimum absolute atomic E-state index is 0.283. The SMILES string of the molecule is O=C(O)c1ccc(-c2nccnc2C[C@@H]2CCCNC2)cc1. The molecule has 1 aliphatic heterocycles. The number of carbonyl (C=O) groups is 1. The molecule has 114 valence electrons. The third kappa shape index (κ3) is 3.31. The second-order valence-corrected chi connectivity index (χ2v) is 5.65. The first-order valence-electron chi connectivity index (χ1n) is 7.58. The van der Waals surface area contributed by atoms with Gasteiger partial charge in [0, 0.05) is 18.0 Å². The topological polar surface area (TPSA) is 75.1 Å². The lowest BCUT2D eigenvalue weighted by Crippen LogP contribution is -2.31. The van der Waals surface area contributed by atoms with Gasteiger partial charge in [-0.05, 0) is 50.4 Å². The summed E-state index contributed by atoms with van der Waals surface area (Å²) in [7, 11) is 0. The summed E-state index contributed by atoms with van der Waals surface area (Å²) in [5.41, 5.74) is 3.03. The molecule has 0 bridgehead atoms. The second-order valence-electron chi connectivity index (χ2n) is 5.65. The molecule has 2 N–H and O–H groups in total. The summed E-state index contributed by atoms with van der Waals surface area (Å²) in [6, 6.07) is 6.82. The van der Waals surface area contributed by atoms with Gasteiger partial charge in [-0.3, -0.25) is 9.97 Å². The molecule has 0 radical (unpaired) electrons. The van der Waals surface area contributed by atoms with E-state index >= 15 is 0 Å². The zero-order valence-corrected chi connectivity index (χ0v) is 12.3. The van der Waals surface area contributed by atoms with Gasteiger partial charge >= 0.3 is 5.97 Å². The van der Waals surface area contributed by atoms with Crippen molar-refractivity contribution in [1.82, 2.24) is 15.3 Å². The Hall–Kier alpha value is -2.27. The quantitative estimate of drug-likeness (QED) is 0.906. The number of aromatic carboxylic acids is 1. The standard InChI is InChI=1S/C17H19N3O2/c21-17(22)14-5-3-13(4-6-14)16-15(19-8-9-20-16)10-12-2-1-7-18-11-12/h3-6,8-9,12,18H,1-2,7,10-11H2,(H,21,22)/t12-/m0/s1. The molecule has 0 spiro atoms. The highest BCUT2D eigenvalue weighted by Crippen LogP contribution is 2.24. The predicted molar refractivity (Wildman–Crippen MR) is 83.7 cm³/mol. The van der Waals surface area contributed by atoms with Crippen LogP contribution < -0.4 is 5.32 Å². The van der Waals surface area contributed by atoms with Crippen molar-refractivity contribution in [2.45, 2.75) is 19.3 Å². The van der Waals surface area contributed by atoms with Crippen LogP contribution in [-0.2, 0) is 6.42 Å². The van der Waals surface area contributed by atoms with E-state index in [-0.39, 0.29) is 5.56 Å². The average Bonchev–Trinajstić information content (AvgIpc) is 2.56. The van der Waals surface area contributed by atoms with E-state index in [1.165, 1.54) is 12.8 Å². The van der Waals surface area contributed by atoms with Gasteiger partial charge in [0.25, 0.3) is 0 Å². The van der Waals surface area contributed by atoms with Gasteiger partial charge in [0.1, 0.15) is 0 Å². The Kier molecular flexibility index (Phi) is 4.44. The molecular weight excluding hydrogens is 278 g/mol. The Balaban J connectivity index is 1.85. The third-order valence-electron chi connectivity index (χ3n) is 4.06. The molecule has 2 aromatic rings. The van der Waals surface area contributed by atoms with E-state index in [2.05, 4.69) is 15.3 Å². The Morgan fingerprint density at radius 3 is 2.68 bits per heavy atom. The molecule has 5 nitrogen and oxygen atoms in total. The highest BCUT2D eigenvalue weighted by molar-refractivity contribution is 5.88. The van der Waals surface area contributed by atoms with E-state index in [0.717, 1.165) is 36.5 Å². The summed E-state index contributed by atoms with van der Waals surface area (Å²) in [5, 5.41) is 12.4. The van der Waals surface area contributed by atoms with Crippen molar-refractivity contribution in [3.8, 4) is 11.3 Å². The number of nitrogens with one attached hydrogen (secondary N) is 1. The molecule has 1 aromatic heterocycles. The summed E-state index contributed by atoms with van der Waals surface area (Å²) < 4.78 is 0. The summed E-state index contributed by atoms with van der Waals surface area (Å²) in [6.07, 6.45) is 6.72. The number of hydrogen-bond donors (Lipinski definition) is 2. The molecule has 1 fully saturated rings. The van der Waals surface area contributed by atoms with Gasteiger partial charge in [0.15, 0.2) is 0 Å². The average molecular weight is 297 g/mol. The van der Waals surface area contributed by atoms with Crippen molar-refractivity contribution in [2.75, 3.05) is 13.1 Å². The fraction of sp³-hybridized carbons (Fsp3) is 0.353. The van der Waals surface area contributed by atoms with Crippen molar-refractivity contribution in [2.24, 2.45) is 5.92 Å². The fourth-order valence-electron chi connectivity index (χ4n) is 2.90. The molecule has 0 aliphatic carbocycles. The van der Waals surface area contributed by atoms with Crippen LogP contribution in [0, 0.1) is 5.92 Å². The van der Waals surface area contributed by atoms with Crippen LogP contribution >= 0.6 is 0 Å². The number of piperidine rings is 1. The molecule has 1 saturated heterocycles. The molecule has 5 heteroatoms. The summed E-state index contributed by atoms with van der Waals surface area (Å²) >= 11 is 0. The first-order valence-corrected chi connectivity index (χ1v) is 7.58. The Morgan fingerprint density at radius 2 is 2.00 bits per heavy atom. The van der Waals surface area contributed by atoms with E-state index in [1.54, 1.807) is 36.7 Å². The third-order valence-corrected chi connectivity index (χ3v) is 4.06. The first kappa shape index (κ1) is 14.7. The van der Waals surface area contributed by atoms with E-state index in [0.29, 0.717) is 5.92 Å². The molecule has 3 rings (SSSR count). The minimum Gasteiger partial charge on any atom is -0.478 e. The number of nitrogens with zero attached hydrogens (tertiary/aromatic N) is 2. The molecule has 1 aromatic carbocycles. The van der Waals surface area contributed by atoms with Crippen LogP contribution in [0.25, 0.3) is 11.3 Å². The van der Waals surface area contributed by atoms with Crippen LogP contribution in [0.2, 0.25) is 0 Å². The molecule has 2 heterocycles. The van der Waals surface area contributed by atoms with Crippen molar-refractivity contribution >= 4 is 5.97 Å². The number of aromatic nitrogens is 2. The van der Waals surface area contributed by atoms with Crippen LogP contribution in [-0.4, -0.2) is 34.1 Å². The maximum atomic E-state index is 10.9. The summed E-state index contributed by atoms with van der Waals surface area (Å²) in [6.45, 7) is 2.12. The van der Waals surface area contributed by atoms with Crippen molar-refractivity contribution in [3.63, 3.8) is 0 Å². The number of hydrogen-bond acceptors (Lipinski definition) is 4. The smallest absolute Gasteiger partial charge is 0.335 e. The van der Waals surface area contributed by atoms with Crippen LogP contribution in [0.3, 0.4) is 0 Å². The van der Waals surface area contributed by atoms with Crippen LogP contribution in [0.15, 0.2) is 36.7 Å². The number of rotatable bonds is 4. The summed E-state index contributed by atoms with van der Waals surface area (Å²) in [4.78, 5) is 19.9. The summed E-state index contributed by atoms with van der Waals surface area (Å²) in [5.74, 6) is -0.332. The Morgan fingerprint density at radius 1 is 1.23 bits per heavy atom. The maximum absolute atomic E-state index is 10.9. The van der Waals surface area contributed by atoms with Crippen molar-refractivity contribution in [3.05, 3.63) is 47.9 Å². The monoisotopic (exact) mass is 297 g/mol. The molecule has 0 amide bonds. The fourth-order valence-corrected chi connectivity index (χ4v) is 2.90. The van der Waals surface area contributed by atoms with E-state index < -0.39 is 5.97 Å². The van der Waals surface area contributed by atoms with Crippen LogP contribution in [0.1, 0.15) is 28.9 Å². The molecule has 1 aliphatic rings. The Bertz CT molecular complexity index is 649. The number of carboxylic acids is 1. The van der Waals surface area contributed by atoms with E-state index in [4.69, 9.17) is 5.11 Å². The van der Waals surface area contributed by atoms with Gasteiger partial charge in [-0.2, -0.15) is 0 Å². The van der Waals surface area contributed by atoms with Crippen LogP contribution in [0.5, 0.6) is 0 Å². The predicted octanol–water partition coefficient (Wildman–Crippen LogP) is 2.38. The van der Waals surface area contributed by atoms with Gasteiger partial charge in [-0.15, -0.1) is 0 Å². The Labute approximate surface area is 129 Å². The molecular formula is C17H19N3O2. The van der Waals surface area contributed by atoms with Gasteiger partial charge < -0.3 is 10.4 Å². The highest BCUT2D eigenvalue weighted by atomic mass is 16.4. The van der Waals surface area contributed by atoms with Crippen LogP contribution in [0.4, 0.5) is 0 Å². The van der Waals surface area contributed by atoms with Gasteiger partial charge in [0.2, 0.25) is 0 Å². The normalized spacial score (nSPS) is 18.1. The molecule has 0 saturated carbocycles. The number of benzene rings is 1. The largest absolute Gasteiger partial charge is 0.478 e. The zero-order chi connectivity index (χ0) is 15.4. The van der Waals surface area contributed by atoms with Gasteiger partial charge in [0.05, 0.1) is 17.0 Å². The maximum Gasteiger partial charge on any atom is 0.335 e. The molecule has 1 atom stereocenters. The first-order chi connectivity index (χ1) is 10.7. The lowest BCUT2D eigenvalue weighted by molar-refractivity contribution is 0.0697. The highest BCUT2D eigenvalue weighted by Gasteiger charge is 2.17. The van der Waals surface area contributed by atoms with Crippen molar-refractivity contribution < 1.29 is 9.90 Å². The van der Waals surface area contributed by atoms with Gasteiger partial charge in [-0.1, -0.05) is 12.1 Å². The van der Waals surface area contributed by atoms with Crippen molar-refractivity contribution in [1.29, 1.82) is 0 Å².